The van der Waals surface area contributed by atoms with Crippen LogP contribution in [0.1, 0.15) is 24.8 Å². The fraction of sp³-hybridized carbons (Fsp3) is 0.250. The van der Waals surface area contributed by atoms with Crippen molar-refractivity contribution < 1.29 is 13.3 Å². The van der Waals surface area contributed by atoms with E-state index in [4.69, 9.17) is 4.52 Å². The highest BCUT2D eigenvalue weighted by atomic mass is 19.2. The SMILES string of the molecule is CN(C)C1CC=C(c2cnc3[nH]cc(-c4oncc4-c4cccc(F)c4F)c3c2)CC1. The molecule has 1 aliphatic carbocycles. The van der Waals surface area contributed by atoms with Gasteiger partial charge in [0.2, 0.25) is 0 Å². The third-order valence-corrected chi connectivity index (χ3v) is 6.07. The second-order valence-electron chi connectivity index (χ2n) is 8.11. The van der Waals surface area contributed by atoms with Gasteiger partial charge in [-0.1, -0.05) is 23.4 Å². The van der Waals surface area contributed by atoms with Crippen molar-refractivity contribution in [3.63, 3.8) is 0 Å². The Hall–Kier alpha value is -3.32. The van der Waals surface area contributed by atoms with Crippen LogP contribution >= 0.6 is 0 Å². The zero-order valence-electron chi connectivity index (χ0n) is 17.3. The van der Waals surface area contributed by atoms with Gasteiger partial charge in [0.1, 0.15) is 5.65 Å². The van der Waals surface area contributed by atoms with Crippen LogP contribution in [-0.2, 0) is 0 Å². The van der Waals surface area contributed by atoms with E-state index in [0.29, 0.717) is 28.6 Å². The lowest BCUT2D eigenvalue weighted by Crippen LogP contribution is -2.28. The first-order valence-corrected chi connectivity index (χ1v) is 10.3. The molecule has 3 heterocycles. The van der Waals surface area contributed by atoms with E-state index in [0.717, 1.165) is 36.3 Å². The first-order valence-electron chi connectivity index (χ1n) is 10.3. The Bertz CT molecular complexity index is 1290. The number of H-pyrrole nitrogens is 1. The predicted octanol–water partition coefficient (Wildman–Crippen LogP) is 5.66. The first-order chi connectivity index (χ1) is 15.0. The molecule has 31 heavy (non-hydrogen) atoms. The van der Waals surface area contributed by atoms with Crippen LogP contribution in [0.25, 0.3) is 39.1 Å². The zero-order valence-corrected chi connectivity index (χ0v) is 17.3. The van der Waals surface area contributed by atoms with E-state index in [-0.39, 0.29) is 5.56 Å². The Labute approximate surface area is 178 Å². The van der Waals surface area contributed by atoms with Crippen LogP contribution in [0.15, 0.2) is 53.5 Å². The van der Waals surface area contributed by atoms with Crippen molar-refractivity contribution in [1.29, 1.82) is 0 Å². The number of allylic oxidation sites excluding steroid dienone is 1. The summed E-state index contributed by atoms with van der Waals surface area (Å²) in [5.41, 5.74) is 4.25. The molecule has 1 unspecified atom stereocenters. The van der Waals surface area contributed by atoms with Gasteiger partial charge in [-0.2, -0.15) is 0 Å². The molecule has 0 saturated heterocycles. The van der Waals surface area contributed by atoms with Gasteiger partial charge in [0.25, 0.3) is 0 Å². The van der Waals surface area contributed by atoms with E-state index in [2.05, 4.69) is 46.3 Å². The molecule has 1 aliphatic rings. The summed E-state index contributed by atoms with van der Waals surface area (Å²) in [4.78, 5) is 9.97. The van der Waals surface area contributed by atoms with Crippen molar-refractivity contribution in [2.45, 2.75) is 25.3 Å². The molecule has 0 radical (unpaired) electrons. The maximum absolute atomic E-state index is 14.4. The Balaban J connectivity index is 1.57. The third kappa shape index (κ3) is 3.45. The smallest absolute Gasteiger partial charge is 0.176 e. The lowest BCUT2D eigenvalue weighted by molar-refractivity contribution is 0.277. The summed E-state index contributed by atoms with van der Waals surface area (Å²) < 4.78 is 33.7. The van der Waals surface area contributed by atoms with Crippen LogP contribution in [0.4, 0.5) is 8.78 Å². The number of hydrogen-bond acceptors (Lipinski definition) is 4. The molecule has 0 bridgehead atoms. The molecular formula is C24H22F2N4O. The number of nitrogens with zero attached hydrogens (tertiary/aromatic N) is 3. The van der Waals surface area contributed by atoms with Crippen molar-refractivity contribution in [3.8, 4) is 22.5 Å². The topological polar surface area (TPSA) is 58.0 Å². The Morgan fingerprint density at radius 2 is 2.00 bits per heavy atom. The highest BCUT2D eigenvalue weighted by Crippen LogP contribution is 2.38. The number of fused-ring (bicyclic) bond motifs is 1. The van der Waals surface area contributed by atoms with Gasteiger partial charge in [-0.25, -0.2) is 13.8 Å². The van der Waals surface area contributed by atoms with Crippen molar-refractivity contribution in [2.24, 2.45) is 0 Å². The summed E-state index contributed by atoms with van der Waals surface area (Å²) in [5.74, 6) is -1.46. The lowest BCUT2D eigenvalue weighted by atomic mass is 9.90. The number of halogens is 2. The molecule has 0 aliphatic heterocycles. The second-order valence-corrected chi connectivity index (χ2v) is 8.11. The molecule has 0 spiro atoms. The number of aromatic amines is 1. The van der Waals surface area contributed by atoms with Gasteiger partial charge in [0, 0.05) is 34.9 Å². The number of pyridine rings is 1. The van der Waals surface area contributed by atoms with E-state index >= 15 is 0 Å². The highest BCUT2D eigenvalue weighted by molar-refractivity contribution is 5.97. The van der Waals surface area contributed by atoms with Gasteiger partial charge in [-0.05, 0) is 56.6 Å². The molecular weight excluding hydrogens is 398 g/mol. The fourth-order valence-electron chi connectivity index (χ4n) is 4.26. The fourth-order valence-corrected chi connectivity index (χ4v) is 4.26. The second kappa shape index (κ2) is 7.74. The van der Waals surface area contributed by atoms with Crippen LogP contribution in [0.3, 0.4) is 0 Å². The normalized spacial score (nSPS) is 16.8. The Kier molecular flexibility index (Phi) is 4.90. The standard InChI is InChI=1S/C24H22F2N4O/c1-30(2)16-8-6-14(7-9-16)15-10-18-19(12-28-24(18)27-11-15)23-20(13-29-31-23)17-4-3-5-21(25)22(17)26/h3-6,10-13,16H,7-9H2,1-2H3,(H,27,28). The van der Waals surface area contributed by atoms with Crippen LogP contribution in [-0.4, -0.2) is 40.2 Å². The minimum absolute atomic E-state index is 0.111. The third-order valence-electron chi connectivity index (χ3n) is 6.07. The molecule has 5 nitrogen and oxygen atoms in total. The van der Waals surface area contributed by atoms with Gasteiger partial charge >= 0.3 is 0 Å². The molecule has 0 amide bonds. The van der Waals surface area contributed by atoms with E-state index < -0.39 is 11.6 Å². The molecule has 1 aromatic carbocycles. The monoisotopic (exact) mass is 420 g/mol. The average molecular weight is 420 g/mol. The van der Waals surface area contributed by atoms with Crippen molar-refractivity contribution in [3.05, 3.63) is 66.1 Å². The summed E-state index contributed by atoms with van der Waals surface area (Å²) in [7, 11) is 4.22. The van der Waals surface area contributed by atoms with Crippen molar-refractivity contribution in [2.75, 3.05) is 14.1 Å². The number of hydrogen-bond donors (Lipinski definition) is 1. The maximum Gasteiger partial charge on any atom is 0.176 e. The van der Waals surface area contributed by atoms with Crippen LogP contribution < -0.4 is 0 Å². The van der Waals surface area contributed by atoms with Crippen molar-refractivity contribution >= 4 is 16.6 Å². The molecule has 5 rings (SSSR count). The molecule has 1 N–H and O–H groups in total. The van der Waals surface area contributed by atoms with Crippen LogP contribution in [0.5, 0.6) is 0 Å². The molecule has 1 atom stereocenters. The van der Waals surface area contributed by atoms with Crippen molar-refractivity contribution in [1.82, 2.24) is 20.0 Å². The summed E-state index contributed by atoms with van der Waals surface area (Å²) >= 11 is 0. The van der Waals surface area contributed by atoms with Gasteiger partial charge in [-0.15, -0.1) is 0 Å². The van der Waals surface area contributed by atoms with Gasteiger partial charge in [-0.3, -0.25) is 0 Å². The van der Waals surface area contributed by atoms with Crippen LogP contribution in [0.2, 0.25) is 0 Å². The number of nitrogens with one attached hydrogen (secondary N) is 1. The lowest BCUT2D eigenvalue weighted by Gasteiger charge is -2.27. The molecule has 7 heteroatoms. The number of benzene rings is 1. The molecule has 4 aromatic rings. The minimum atomic E-state index is -0.923. The van der Waals surface area contributed by atoms with E-state index in [1.54, 1.807) is 6.20 Å². The first kappa shape index (κ1) is 19.6. The molecule has 0 fully saturated rings. The van der Waals surface area contributed by atoms with Gasteiger partial charge in [0.05, 0.1) is 11.8 Å². The summed E-state index contributed by atoms with van der Waals surface area (Å²) in [6, 6.07) is 6.70. The minimum Gasteiger partial charge on any atom is -0.356 e. The van der Waals surface area contributed by atoms with Gasteiger partial charge in [0.15, 0.2) is 17.4 Å². The Morgan fingerprint density at radius 3 is 2.77 bits per heavy atom. The van der Waals surface area contributed by atoms with Crippen LogP contribution in [0, 0.1) is 11.6 Å². The maximum atomic E-state index is 14.4. The molecule has 158 valence electrons. The Morgan fingerprint density at radius 1 is 1.13 bits per heavy atom. The summed E-state index contributed by atoms with van der Waals surface area (Å²) in [6.07, 6.45) is 10.4. The predicted molar refractivity (Wildman–Crippen MR) is 116 cm³/mol. The van der Waals surface area contributed by atoms with E-state index in [1.165, 1.54) is 23.9 Å². The number of rotatable bonds is 4. The summed E-state index contributed by atoms with van der Waals surface area (Å²) in [5, 5.41) is 4.70. The van der Waals surface area contributed by atoms with Gasteiger partial charge < -0.3 is 14.4 Å². The summed E-state index contributed by atoms with van der Waals surface area (Å²) in [6.45, 7) is 0. The zero-order chi connectivity index (χ0) is 21.5. The van der Waals surface area contributed by atoms with E-state index in [9.17, 15) is 8.78 Å². The average Bonchev–Trinajstić information content (AvgIpc) is 3.42. The number of aromatic nitrogens is 3. The highest BCUT2D eigenvalue weighted by Gasteiger charge is 2.22. The molecule has 3 aromatic heterocycles. The van der Waals surface area contributed by atoms with E-state index in [1.807, 2.05) is 6.20 Å². The molecule has 0 saturated carbocycles. The quantitative estimate of drug-likeness (QED) is 0.463. The largest absolute Gasteiger partial charge is 0.356 e.